The Morgan fingerprint density at radius 2 is 1.90 bits per heavy atom. The van der Waals surface area contributed by atoms with E-state index in [4.69, 9.17) is 0 Å². The van der Waals surface area contributed by atoms with Gasteiger partial charge in [0.1, 0.15) is 0 Å². The Morgan fingerprint density at radius 3 is 2.66 bits per heavy atom. The third-order valence-corrected chi connectivity index (χ3v) is 7.35. The summed E-state index contributed by atoms with van der Waals surface area (Å²) in [6.07, 6.45) is 15.2. The monoisotopic (exact) mass is 398 g/mol. The van der Waals surface area contributed by atoms with E-state index in [1.807, 2.05) is 18.5 Å². The molecule has 0 radical (unpaired) electrons. The fraction of sp³-hybridized carbons (Fsp3) is 0.750. The smallest absolute Gasteiger partial charge is 0.224 e. The highest BCUT2D eigenvalue weighted by molar-refractivity contribution is 5.78. The maximum Gasteiger partial charge on any atom is 0.224 e. The largest absolute Gasteiger partial charge is 0.356 e. The van der Waals surface area contributed by atoms with Crippen LogP contribution >= 0.6 is 0 Å². The minimum absolute atomic E-state index is 0.195. The van der Waals surface area contributed by atoms with E-state index in [1.165, 1.54) is 57.1 Å². The average Bonchev–Trinajstić information content (AvgIpc) is 3.29. The lowest BCUT2D eigenvalue weighted by molar-refractivity contribution is -0.127. The van der Waals surface area contributed by atoms with Crippen LogP contribution in [-0.4, -0.2) is 59.5 Å². The van der Waals surface area contributed by atoms with Gasteiger partial charge >= 0.3 is 0 Å². The number of carbonyl (C=O) groups excluding carboxylic acids is 1. The van der Waals surface area contributed by atoms with Gasteiger partial charge in [-0.25, -0.2) is 0 Å². The second-order valence-electron chi connectivity index (χ2n) is 9.43. The Kier molecular flexibility index (Phi) is 7.55. The van der Waals surface area contributed by atoms with Gasteiger partial charge in [-0.3, -0.25) is 19.6 Å². The molecule has 160 valence electrons. The van der Waals surface area contributed by atoms with Gasteiger partial charge in [-0.05, 0) is 69.3 Å². The number of piperidine rings is 2. The molecule has 1 aromatic heterocycles. The molecule has 1 aliphatic carbocycles. The fourth-order valence-corrected chi connectivity index (χ4v) is 5.59. The van der Waals surface area contributed by atoms with Crippen molar-refractivity contribution in [2.45, 2.75) is 70.4 Å². The van der Waals surface area contributed by atoms with Gasteiger partial charge in [0.25, 0.3) is 0 Å². The molecule has 1 aromatic rings. The van der Waals surface area contributed by atoms with Crippen molar-refractivity contribution in [3.63, 3.8) is 0 Å². The number of nitrogens with one attached hydrogen (secondary N) is 1. The second kappa shape index (κ2) is 10.5. The number of rotatable bonds is 7. The van der Waals surface area contributed by atoms with Crippen molar-refractivity contribution in [3.05, 3.63) is 30.1 Å². The molecule has 3 heterocycles. The van der Waals surface area contributed by atoms with E-state index in [-0.39, 0.29) is 5.92 Å². The zero-order chi connectivity index (χ0) is 19.9. The number of aromatic nitrogens is 1. The lowest BCUT2D eigenvalue weighted by atomic mass is 9.93. The summed E-state index contributed by atoms with van der Waals surface area (Å²) in [5.41, 5.74) is 1.30. The molecular weight excluding hydrogens is 360 g/mol. The molecule has 2 saturated heterocycles. The quantitative estimate of drug-likeness (QED) is 0.764. The fourth-order valence-electron chi connectivity index (χ4n) is 5.59. The number of likely N-dealkylation sites (tertiary alicyclic amines) is 2. The van der Waals surface area contributed by atoms with E-state index < -0.39 is 0 Å². The van der Waals surface area contributed by atoms with Crippen LogP contribution in [0, 0.1) is 11.8 Å². The third-order valence-electron chi connectivity index (χ3n) is 7.35. The second-order valence-corrected chi connectivity index (χ2v) is 9.43. The van der Waals surface area contributed by atoms with Gasteiger partial charge in [0.15, 0.2) is 0 Å². The number of nitrogens with zero attached hydrogens (tertiary/aromatic N) is 3. The molecule has 0 aromatic carbocycles. The van der Waals surface area contributed by atoms with Gasteiger partial charge in [-0.15, -0.1) is 0 Å². The Bertz CT molecular complexity index is 623. The summed E-state index contributed by atoms with van der Waals surface area (Å²) in [6, 6.07) is 4.84. The lowest BCUT2D eigenvalue weighted by Crippen LogP contribution is -2.50. The van der Waals surface area contributed by atoms with Crippen molar-refractivity contribution < 1.29 is 4.79 Å². The van der Waals surface area contributed by atoms with Crippen molar-refractivity contribution in [1.29, 1.82) is 0 Å². The predicted molar refractivity (Wildman–Crippen MR) is 116 cm³/mol. The van der Waals surface area contributed by atoms with Crippen LogP contribution in [0.1, 0.15) is 63.4 Å². The topological polar surface area (TPSA) is 48.5 Å². The highest BCUT2D eigenvalue weighted by Gasteiger charge is 2.31. The van der Waals surface area contributed by atoms with Gasteiger partial charge in [-0.1, -0.05) is 31.7 Å². The van der Waals surface area contributed by atoms with E-state index in [2.05, 4.69) is 26.2 Å². The molecule has 3 aliphatic rings. The molecule has 5 nitrogen and oxygen atoms in total. The first-order valence-corrected chi connectivity index (χ1v) is 11.9. The third kappa shape index (κ3) is 6.02. The minimum Gasteiger partial charge on any atom is -0.356 e. The van der Waals surface area contributed by atoms with E-state index in [1.54, 1.807) is 0 Å². The predicted octanol–water partition coefficient (Wildman–Crippen LogP) is 3.45. The first kappa shape index (κ1) is 20.8. The van der Waals surface area contributed by atoms with Gasteiger partial charge < -0.3 is 5.32 Å². The summed E-state index contributed by atoms with van der Waals surface area (Å²) in [5, 5.41) is 3.26. The summed E-state index contributed by atoms with van der Waals surface area (Å²) in [5.74, 6) is 1.36. The Hall–Kier alpha value is -1.46. The Morgan fingerprint density at radius 1 is 1.07 bits per heavy atom. The Balaban J connectivity index is 1.18. The van der Waals surface area contributed by atoms with Crippen molar-refractivity contribution in [3.8, 4) is 0 Å². The van der Waals surface area contributed by atoms with Crippen LogP contribution in [0.15, 0.2) is 24.5 Å². The van der Waals surface area contributed by atoms with E-state index in [0.29, 0.717) is 11.9 Å². The number of amides is 1. The van der Waals surface area contributed by atoms with E-state index >= 15 is 0 Å². The Labute approximate surface area is 176 Å². The van der Waals surface area contributed by atoms with Crippen LogP contribution in [0.25, 0.3) is 0 Å². The number of carbonyl (C=O) groups is 1. The molecule has 1 N–H and O–H groups in total. The summed E-state index contributed by atoms with van der Waals surface area (Å²) >= 11 is 0. The molecule has 0 spiro atoms. The number of hydrogen-bond donors (Lipinski definition) is 1. The molecule has 29 heavy (non-hydrogen) atoms. The van der Waals surface area contributed by atoms with Crippen molar-refractivity contribution >= 4 is 5.91 Å². The summed E-state index contributed by atoms with van der Waals surface area (Å²) in [4.78, 5) is 22.1. The minimum atomic E-state index is 0.195. The molecule has 1 atom stereocenters. The van der Waals surface area contributed by atoms with Crippen LogP contribution in [0.5, 0.6) is 0 Å². The summed E-state index contributed by atoms with van der Waals surface area (Å²) in [7, 11) is 0. The van der Waals surface area contributed by atoms with Crippen LogP contribution in [0.3, 0.4) is 0 Å². The summed E-state index contributed by atoms with van der Waals surface area (Å²) < 4.78 is 0. The number of pyridine rings is 1. The average molecular weight is 399 g/mol. The standard InChI is InChI=1S/C24H38N4O/c29-24(26-13-9-20-5-1-2-6-20)22-8-4-14-28(19-22)23-10-15-27(16-11-23)18-21-7-3-12-25-17-21/h3,7,12,17,20,22-23H,1-2,4-6,8-11,13-16,18-19H2,(H,26,29)/t22-/m0/s1. The van der Waals surface area contributed by atoms with Gasteiger partial charge in [0.2, 0.25) is 5.91 Å². The van der Waals surface area contributed by atoms with Gasteiger partial charge in [-0.2, -0.15) is 0 Å². The first-order chi connectivity index (χ1) is 14.3. The lowest BCUT2D eigenvalue weighted by Gasteiger charge is -2.42. The maximum absolute atomic E-state index is 12.7. The molecule has 2 aliphatic heterocycles. The normalized spacial score (nSPS) is 25.3. The van der Waals surface area contributed by atoms with E-state index in [9.17, 15) is 4.79 Å². The van der Waals surface area contributed by atoms with Crippen molar-refractivity contribution in [2.24, 2.45) is 11.8 Å². The molecule has 0 bridgehead atoms. The molecule has 4 rings (SSSR count). The van der Waals surface area contributed by atoms with Gasteiger partial charge in [0.05, 0.1) is 5.92 Å². The zero-order valence-corrected chi connectivity index (χ0v) is 17.9. The maximum atomic E-state index is 12.7. The van der Waals surface area contributed by atoms with Crippen LogP contribution in [0.2, 0.25) is 0 Å². The number of hydrogen-bond acceptors (Lipinski definition) is 4. The van der Waals surface area contributed by atoms with Crippen molar-refractivity contribution in [1.82, 2.24) is 20.1 Å². The highest BCUT2D eigenvalue weighted by atomic mass is 16.1. The molecule has 0 unspecified atom stereocenters. The first-order valence-electron chi connectivity index (χ1n) is 11.9. The molecular formula is C24H38N4O. The van der Waals surface area contributed by atoms with Crippen LogP contribution in [-0.2, 0) is 11.3 Å². The van der Waals surface area contributed by atoms with E-state index in [0.717, 1.165) is 51.5 Å². The zero-order valence-electron chi connectivity index (χ0n) is 17.9. The highest BCUT2D eigenvalue weighted by Crippen LogP contribution is 2.27. The SMILES string of the molecule is O=C(NCCC1CCCC1)[C@H]1CCCN(C2CCN(Cc3cccnc3)CC2)C1. The van der Waals surface area contributed by atoms with Crippen molar-refractivity contribution in [2.75, 3.05) is 32.7 Å². The molecule has 1 saturated carbocycles. The van der Waals surface area contributed by atoms with Gasteiger partial charge in [0, 0.05) is 38.1 Å². The molecule has 5 heteroatoms. The van der Waals surface area contributed by atoms with Crippen LogP contribution < -0.4 is 5.32 Å². The molecule has 3 fully saturated rings. The molecule has 1 amide bonds. The summed E-state index contributed by atoms with van der Waals surface area (Å²) in [6.45, 7) is 6.31. The van der Waals surface area contributed by atoms with Crippen LogP contribution in [0.4, 0.5) is 0 Å².